The number of amides is 1. The zero-order valence-electron chi connectivity index (χ0n) is 12.6. The molecule has 5 nitrogen and oxygen atoms in total. The maximum absolute atomic E-state index is 12.0. The van der Waals surface area contributed by atoms with Crippen LogP contribution in [0.2, 0.25) is 0 Å². The Morgan fingerprint density at radius 2 is 2.14 bits per heavy atom. The Balaban J connectivity index is 1.94. The van der Waals surface area contributed by atoms with Crippen molar-refractivity contribution in [3.8, 4) is 0 Å². The number of hydrogen-bond acceptors (Lipinski definition) is 4. The van der Waals surface area contributed by atoms with Crippen molar-refractivity contribution >= 4 is 23.4 Å². The van der Waals surface area contributed by atoms with Crippen LogP contribution in [0.3, 0.4) is 0 Å². The number of carbonyl (C=O) groups is 1. The molecule has 2 rings (SSSR count). The molecule has 1 heterocycles. The number of rotatable bonds is 6. The summed E-state index contributed by atoms with van der Waals surface area (Å²) in [5.74, 6) is 1.25. The van der Waals surface area contributed by atoms with Gasteiger partial charge >= 0.3 is 0 Å². The lowest BCUT2D eigenvalue weighted by atomic mass is 10.2. The summed E-state index contributed by atoms with van der Waals surface area (Å²) in [6.45, 7) is 6.92. The molecule has 1 aromatic carbocycles. The Hall–Kier alpha value is -1.82. The van der Waals surface area contributed by atoms with Gasteiger partial charge in [0.2, 0.25) is 5.91 Å². The van der Waals surface area contributed by atoms with E-state index in [1.165, 1.54) is 11.8 Å². The molecular weight excluding hydrogens is 284 g/mol. The van der Waals surface area contributed by atoms with Gasteiger partial charge in [0.05, 0.1) is 5.75 Å². The summed E-state index contributed by atoms with van der Waals surface area (Å²) < 4.78 is 2.05. The van der Waals surface area contributed by atoms with E-state index >= 15 is 0 Å². The van der Waals surface area contributed by atoms with Crippen LogP contribution >= 0.6 is 11.8 Å². The van der Waals surface area contributed by atoms with Crippen LogP contribution in [-0.2, 0) is 17.8 Å². The van der Waals surface area contributed by atoms with E-state index in [9.17, 15) is 4.79 Å². The quantitative estimate of drug-likeness (QED) is 0.834. The topological polar surface area (TPSA) is 59.8 Å². The van der Waals surface area contributed by atoms with Crippen molar-refractivity contribution < 1.29 is 4.79 Å². The molecule has 1 N–H and O–H groups in total. The second-order valence-electron chi connectivity index (χ2n) is 4.70. The average molecular weight is 304 g/mol. The summed E-state index contributed by atoms with van der Waals surface area (Å²) in [6.07, 6.45) is 0.844. The molecule has 0 aliphatic rings. The molecule has 2 aromatic rings. The maximum atomic E-state index is 12.0. The fourth-order valence-corrected chi connectivity index (χ4v) is 2.88. The van der Waals surface area contributed by atoms with Crippen LogP contribution in [-0.4, -0.2) is 26.4 Å². The summed E-state index contributed by atoms with van der Waals surface area (Å²) in [6, 6.07) is 7.77. The molecule has 6 heteroatoms. The minimum atomic E-state index is -0.0331. The van der Waals surface area contributed by atoms with Crippen LogP contribution in [0, 0.1) is 6.92 Å². The zero-order valence-corrected chi connectivity index (χ0v) is 13.4. The first-order valence-electron chi connectivity index (χ1n) is 7.05. The third-order valence-corrected chi connectivity index (χ3v) is 4.03. The minimum Gasteiger partial charge on any atom is -0.325 e. The molecule has 0 saturated carbocycles. The fraction of sp³-hybridized carbons (Fsp3) is 0.400. The monoisotopic (exact) mass is 304 g/mol. The minimum absolute atomic E-state index is 0.0331. The highest BCUT2D eigenvalue weighted by Gasteiger charge is 2.12. The third kappa shape index (κ3) is 4.07. The fourth-order valence-electron chi connectivity index (χ4n) is 2.05. The van der Waals surface area contributed by atoms with Crippen molar-refractivity contribution in [2.45, 2.75) is 38.9 Å². The number of aromatic nitrogens is 3. The van der Waals surface area contributed by atoms with E-state index in [0.29, 0.717) is 5.75 Å². The van der Waals surface area contributed by atoms with E-state index in [0.717, 1.165) is 35.2 Å². The standard InChI is InChI=1S/C15H20N4OS/c1-4-13-17-18-15(19(13)5-2)21-10-14(20)16-12-8-6-7-11(3)9-12/h6-9H,4-5,10H2,1-3H3,(H,16,20). The molecule has 1 aromatic heterocycles. The number of aryl methyl sites for hydroxylation is 2. The molecule has 0 aliphatic heterocycles. The highest BCUT2D eigenvalue weighted by molar-refractivity contribution is 7.99. The molecule has 0 bridgehead atoms. The molecule has 0 saturated heterocycles. The molecule has 0 spiro atoms. The second-order valence-corrected chi connectivity index (χ2v) is 5.65. The van der Waals surface area contributed by atoms with Gasteiger partial charge in [-0.15, -0.1) is 10.2 Å². The van der Waals surface area contributed by atoms with E-state index in [1.54, 1.807) is 0 Å². The maximum Gasteiger partial charge on any atom is 0.234 e. The van der Waals surface area contributed by atoms with Crippen molar-refractivity contribution in [1.82, 2.24) is 14.8 Å². The van der Waals surface area contributed by atoms with Gasteiger partial charge in [0.1, 0.15) is 5.82 Å². The summed E-state index contributed by atoms with van der Waals surface area (Å²) in [4.78, 5) is 12.0. The molecule has 0 unspecified atom stereocenters. The highest BCUT2D eigenvalue weighted by atomic mass is 32.2. The van der Waals surface area contributed by atoms with Crippen molar-refractivity contribution in [3.63, 3.8) is 0 Å². The molecule has 0 aliphatic carbocycles. The number of benzene rings is 1. The van der Waals surface area contributed by atoms with Gasteiger partial charge in [0.25, 0.3) is 0 Å². The third-order valence-electron chi connectivity index (χ3n) is 3.06. The van der Waals surface area contributed by atoms with Gasteiger partial charge in [0.15, 0.2) is 5.16 Å². The van der Waals surface area contributed by atoms with E-state index in [1.807, 2.05) is 35.8 Å². The Kier molecular flexibility index (Phi) is 5.38. The predicted molar refractivity (Wildman–Crippen MR) is 85.6 cm³/mol. The molecule has 0 radical (unpaired) electrons. The van der Waals surface area contributed by atoms with E-state index in [4.69, 9.17) is 0 Å². The van der Waals surface area contributed by atoms with Crippen molar-refractivity contribution in [1.29, 1.82) is 0 Å². The number of thioether (sulfide) groups is 1. The normalized spacial score (nSPS) is 10.6. The van der Waals surface area contributed by atoms with Crippen LogP contribution in [0.1, 0.15) is 25.2 Å². The number of nitrogens with zero attached hydrogens (tertiary/aromatic N) is 3. The first kappa shape index (κ1) is 15.6. The molecule has 112 valence electrons. The summed E-state index contributed by atoms with van der Waals surface area (Å²) in [7, 11) is 0. The average Bonchev–Trinajstić information content (AvgIpc) is 2.87. The summed E-state index contributed by atoms with van der Waals surface area (Å²) in [5, 5.41) is 12.0. The van der Waals surface area contributed by atoms with E-state index < -0.39 is 0 Å². The molecule has 21 heavy (non-hydrogen) atoms. The van der Waals surface area contributed by atoms with Crippen molar-refractivity contribution in [3.05, 3.63) is 35.7 Å². The van der Waals surface area contributed by atoms with Gasteiger partial charge in [-0.1, -0.05) is 30.8 Å². The number of hydrogen-bond donors (Lipinski definition) is 1. The Labute approximate surface area is 129 Å². The lowest BCUT2D eigenvalue weighted by molar-refractivity contribution is -0.113. The van der Waals surface area contributed by atoms with Crippen LogP contribution in [0.15, 0.2) is 29.4 Å². The van der Waals surface area contributed by atoms with Crippen molar-refractivity contribution in [2.24, 2.45) is 0 Å². The second kappa shape index (κ2) is 7.26. The number of carbonyl (C=O) groups excluding carboxylic acids is 1. The van der Waals surface area contributed by atoms with Crippen LogP contribution in [0.25, 0.3) is 0 Å². The highest BCUT2D eigenvalue weighted by Crippen LogP contribution is 2.18. The van der Waals surface area contributed by atoms with E-state index in [2.05, 4.69) is 29.4 Å². The number of anilines is 1. The van der Waals surface area contributed by atoms with Crippen LogP contribution in [0.5, 0.6) is 0 Å². The Morgan fingerprint density at radius 3 is 2.81 bits per heavy atom. The molecule has 0 fully saturated rings. The lowest BCUT2D eigenvalue weighted by Crippen LogP contribution is -2.14. The predicted octanol–water partition coefficient (Wildman–Crippen LogP) is 2.90. The van der Waals surface area contributed by atoms with Gasteiger partial charge in [-0.2, -0.15) is 0 Å². The molecular formula is C15H20N4OS. The summed E-state index contributed by atoms with van der Waals surface area (Å²) in [5.41, 5.74) is 1.95. The smallest absolute Gasteiger partial charge is 0.234 e. The van der Waals surface area contributed by atoms with E-state index in [-0.39, 0.29) is 5.91 Å². The largest absolute Gasteiger partial charge is 0.325 e. The molecule has 0 atom stereocenters. The van der Waals surface area contributed by atoms with Crippen LogP contribution in [0.4, 0.5) is 5.69 Å². The Bertz CT molecular complexity index is 624. The van der Waals surface area contributed by atoms with Gasteiger partial charge < -0.3 is 9.88 Å². The SMILES string of the molecule is CCc1nnc(SCC(=O)Nc2cccc(C)c2)n1CC. The zero-order chi connectivity index (χ0) is 15.2. The van der Waals surface area contributed by atoms with Crippen molar-refractivity contribution in [2.75, 3.05) is 11.1 Å². The van der Waals surface area contributed by atoms with Gasteiger partial charge in [-0.25, -0.2) is 0 Å². The van der Waals surface area contributed by atoms with Gasteiger partial charge in [-0.05, 0) is 31.5 Å². The van der Waals surface area contributed by atoms with Gasteiger partial charge in [-0.3, -0.25) is 4.79 Å². The van der Waals surface area contributed by atoms with Gasteiger partial charge in [0, 0.05) is 18.7 Å². The summed E-state index contributed by atoms with van der Waals surface area (Å²) >= 11 is 1.42. The molecule has 1 amide bonds. The lowest BCUT2D eigenvalue weighted by Gasteiger charge is -2.07. The number of nitrogens with one attached hydrogen (secondary N) is 1. The Morgan fingerprint density at radius 1 is 1.33 bits per heavy atom. The first-order chi connectivity index (χ1) is 10.1. The van der Waals surface area contributed by atoms with Crippen LogP contribution < -0.4 is 5.32 Å². The first-order valence-corrected chi connectivity index (χ1v) is 8.04.